The Morgan fingerprint density at radius 3 is 2.05 bits per heavy atom. The van der Waals surface area contributed by atoms with Crippen molar-refractivity contribution in [3.63, 3.8) is 0 Å². The van der Waals surface area contributed by atoms with Crippen molar-refractivity contribution in [3.05, 3.63) is 0 Å². The zero-order chi connectivity index (χ0) is 14.9. The summed E-state index contributed by atoms with van der Waals surface area (Å²) in [4.78, 5) is 6.69. The molecular weight excluding hydrogens is 462 g/mol. The summed E-state index contributed by atoms with van der Waals surface area (Å²) in [5.74, 6) is 0.816. The number of hydrogen-bond acceptors (Lipinski definition) is 2. The van der Waals surface area contributed by atoms with E-state index in [2.05, 4.69) is 76.2 Å². The highest BCUT2D eigenvalue weighted by atomic mass is 127. The van der Waals surface area contributed by atoms with Gasteiger partial charge in [0.2, 0.25) is 0 Å². The topological polar surface area (TPSA) is 15.3 Å². The number of alkyl halides is 2. The van der Waals surface area contributed by atoms with Gasteiger partial charge in [0.25, 0.3) is 0 Å². The van der Waals surface area contributed by atoms with E-state index < -0.39 is 0 Å². The molecule has 0 amide bonds. The molecule has 2 unspecified atom stereocenters. The maximum atomic E-state index is 3.65. The summed E-state index contributed by atoms with van der Waals surface area (Å²) in [5.41, 5.74) is 0.342. The summed E-state index contributed by atoms with van der Waals surface area (Å²) in [7, 11) is 0. The second kappa shape index (κ2) is 11.0. The lowest BCUT2D eigenvalue weighted by atomic mass is 9.82. The number of piperidine rings is 2. The van der Waals surface area contributed by atoms with Gasteiger partial charge in [-0.1, -0.05) is 58.5 Å². The van der Waals surface area contributed by atoms with Crippen LogP contribution in [0, 0.1) is 5.92 Å². The van der Waals surface area contributed by atoms with Crippen LogP contribution in [0.2, 0.25) is 0 Å². The number of hydrogen-bond donors (Lipinski definition) is 1. The van der Waals surface area contributed by atoms with Crippen LogP contribution in [-0.4, -0.2) is 46.0 Å². The largest absolute Gasteiger partial charge is 0.311 e. The minimum absolute atomic E-state index is 0.342. The molecule has 2 saturated heterocycles. The van der Waals surface area contributed by atoms with Crippen molar-refractivity contribution in [2.45, 2.75) is 58.0 Å². The molecule has 4 heteroatoms. The number of likely N-dealkylation sites (tertiary alicyclic amines) is 1. The maximum absolute atomic E-state index is 3.65. The first-order valence-corrected chi connectivity index (χ1v) is 11.6. The Hall–Kier alpha value is 1.38. The van der Waals surface area contributed by atoms with E-state index in [-0.39, 0.29) is 0 Å². The third-order valence-electron chi connectivity index (χ3n) is 4.14. The molecule has 2 atom stereocenters. The fourth-order valence-electron chi connectivity index (χ4n) is 3.11. The minimum Gasteiger partial charge on any atom is -0.311 e. The van der Waals surface area contributed by atoms with E-state index in [9.17, 15) is 0 Å². The second-order valence-electron chi connectivity index (χ2n) is 6.11. The smallest absolute Gasteiger partial charge is 0.0150 e. The van der Waals surface area contributed by atoms with Crippen molar-refractivity contribution >= 4 is 45.2 Å². The van der Waals surface area contributed by atoms with Crippen molar-refractivity contribution < 1.29 is 0 Å². The fourth-order valence-corrected chi connectivity index (χ4v) is 3.11. The van der Waals surface area contributed by atoms with E-state index in [0.717, 1.165) is 12.0 Å². The molecule has 2 fully saturated rings. The van der Waals surface area contributed by atoms with Gasteiger partial charge in [0.1, 0.15) is 0 Å². The third kappa shape index (κ3) is 7.27. The summed E-state index contributed by atoms with van der Waals surface area (Å²) < 4.78 is 0. The highest BCUT2D eigenvalue weighted by Gasteiger charge is 2.35. The van der Waals surface area contributed by atoms with Crippen LogP contribution in [0.4, 0.5) is 0 Å². The Kier molecular flexibility index (Phi) is 11.8. The van der Waals surface area contributed by atoms with Gasteiger partial charge in [-0.15, -0.1) is 0 Å². The zero-order valence-corrected chi connectivity index (χ0v) is 17.6. The number of nitrogens with one attached hydrogen (secondary N) is 1. The summed E-state index contributed by atoms with van der Waals surface area (Å²) >= 11 is 4.30. The molecule has 0 aromatic heterocycles. The van der Waals surface area contributed by atoms with Gasteiger partial charge >= 0.3 is 0 Å². The number of halogens is 2. The van der Waals surface area contributed by atoms with Gasteiger partial charge in [-0.25, -0.2) is 0 Å². The first-order valence-electron chi connectivity index (χ1n) is 7.33. The predicted octanol–water partition coefficient (Wildman–Crippen LogP) is 4.35. The van der Waals surface area contributed by atoms with E-state index in [1.807, 2.05) is 9.86 Å². The van der Waals surface area contributed by atoms with Crippen LogP contribution >= 0.6 is 45.2 Å². The first-order chi connectivity index (χ1) is 9.08. The predicted molar refractivity (Wildman–Crippen MR) is 105 cm³/mol. The van der Waals surface area contributed by atoms with Gasteiger partial charge in [-0.2, -0.15) is 0 Å². The summed E-state index contributed by atoms with van der Waals surface area (Å²) in [6, 6.07) is 0.821. The summed E-state index contributed by atoms with van der Waals surface area (Å²) in [6.07, 6.45) is 5.58. The number of nitrogens with zero attached hydrogens (tertiary/aromatic N) is 1. The van der Waals surface area contributed by atoms with Crippen LogP contribution in [0.5, 0.6) is 0 Å². The van der Waals surface area contributed by atoms with E-state index in [1.165, 1.54) is 45.3 Å². The van der Waals surface area contributed by atoms with Crippen molar-refractivity contribution in [3.8, 4) is 0 Å². The van der Waals surface area contributed by atoms with Crippen LogP contribution in [-0.2, 0) is 0 Å². The van der Waals surface area contributed by atoms with Gasteiger partial charge in [0, 0.05) is 11.6 Å². The van der Waals surface area contributed by atoms with Crippen LogP contribution in [0.1, 0.15) is 46.5 Å². The molecule has 0 saturated carbocycles. The van der Waals surface area contributed by atoms with Crippen LogP contribution in [0.15, 0.2) is 0 Å². The molecule has 0 radical (unpaired) electrons. The molecule has 2 nitrogen and oxygen atoms in total. The highest BCUT2D eigenvalue weighted by molar-refractivity contribution is 14.1. The Balaban J connectivity index is 0.000000741. The molecule has 2 aliphatic heterocycles. The van der Waals surface area contributed by atoms with Crippen LogP contribution in [0.25, 0.3) is 0 Å². The van der Waals surface area contributed by atoms with Crippen molar-refractivity contribution in [1.29, 1.82) is 0 Å². The molecule has 19 heavy (non-hydrogen) atoms. The van der Waals surface area contributed by atoms with Gasteiger partial charge in [-0.3, -0.25) is 0 Å². The third-order valence-corrected chi connectivity index (χ3v) is 4.14. The molecule has 0 aromatic carbocycles. The minimum atomic E-state index is 0.342. The molecular formula is C15H32I2N2. The van der Waals surface area contributed by atoms with E-state index in [1.54, 1.807) is 0 Å². The average Bonchev–Trinajstić information content (AvgIpc) is 2.47. The fraction of sp³-hybridized carbons (Fsp3) is 1.00. The maximum Gasteiger partial charge on any atom is 0.0150 e. The Bertz CT molecular complexity index is 216. The Morgan fingerprint density at radius 2 is 1.53 bits per heavy atom. The summed E-state index contributed by atoms with van der Waals surface area (Å²) in [6.45, 7) is 11.0. The molecule has 116 valence electrons. The molecule has 1 N–H and O–H groups in total. The molecule has 0 aliphatic carbocycles. The standard InChI is InChI=1S/C13H26N2.2CH3I/c1-11-10-14-13(2,3)9-12(11)15-7-5-4-6-8-15;2*1-2/h11-12,14H,4-10H2,1-3H3;2*1H3. The van der Waals surface area contributed by atoms with E-state index in [0.29, 0.717) is 5.54 Å². The average molecular weight is 494 g/mol. The molecule has 2 aliphatic rings. The molecule has 0 bridgehead atoms. The van der Waals surface area contributed by atoms with Crippen LogP contribution in [0.3, 0.4) is 0 Å². The monoisotopic (exact) mass is 494 g/mol. The summed E-state index contributed by atoms with van der Waals surface area (Å²) in [5, 5.41) is 3.65. The number of rotatable bonds is 1. The van der Waals surface area contributed by atoms with Gasteiger partial charge in [0.15, 0.2) is 0 Å². The quantitative estimate of drug-likeness (QED) is 0.431. The Morgan fingerprint density at radius 1 is 1.00 bits per heavy atom. The highest BCUT2D eigenvalue weighted by Crippen LogP contribution is 2.28. The second-order valence-corrected chi connectivity index (χ2v) is 6.11. The SMILES string of the molecule is CC1CNC(C)(C)CC1N1CCCCC1.CI.CI. The van der Waals surface area contributed by atoms with Crippen molar-refractivity contribution in [1.82, 2.24) is 10.2 Å². The normalized spacial score (nSPS) is 30.5. The van der Waals surface area contributed by atoms with Gasteiger partial charge < -0.3 is 10.2 Å². The first kappa shape index (κ1) is 20.4. The van der Waals surface area contributed by atoms with E-state index in [4.69, 9.17) is 0 Å². The van der Waals surface area contributed by atoms with Crippen molar-refractivity contribution in [2.24, 2.45) is 5.92 Å². The molecule has 0 aromatic rings. The molecule has 2 heterocycles. The van der Waals surface area contributed by atoms with Crippen molar-refractivity contribution in [2.75, 3.05) is 29.5 Å². The lowest BCUT2D eigenvalue weighted by Gasteiger charge is -2.46. The van der Waals surface area contributed by atoms with Crippen LogP contribution < -0.4 is 5.32 Å². The molecule has 2 rings (SSSR count). The Labute approximate surface area is 148 Å². The van der Waals surface area contributed by atoms with E-state index >= 15 is 0 Å². The van der Waals surface area contributed by atoms with Gasteiger partial charge in [-0.05, 0) is 68.5 Å². The lowest BCUT2D eigenvalue weighted by Crippen LogP contribution is -2.57. The lowest BCUT2D eigenvalue weighted by molar-refractivity contribution is 0.0639. The zero-order valence-electron chi connectivity index (χ0n) is 13.3. The van der Waals surface area contributed by atoms with Gasteiger partial charge in [0.05, 0.1) is 0 Å². The molecule has 0 spiro atoms.